The van der Waals surface area contributed by atoms with Crippen LogP contribution in [0, 0.1) is 5.82 Å². The first-order chi connectivity index (χ1) is 7.50. The summed E-state index contributed by atoms with van der Waals surface area (Å²) in [5.41, 5.74) is -0.321. The highest BCUT2D eigenvalue weighted by Gasteiger charge is 2.14. The van der Waals surface area contributed by atoms with Crippen LogP contribution in [0.3, 0.4) is 0 Å². The number of aromatic nitrogens is 1. The lowest BCUT2D eigenvalue weighted by Gasteiger charge is -2.04. The molecule has 0 aliphatic heterocycles. The molecule has 0 unspecified atom stereocenters. The summed E-state index contributed by atoms with van der Waals surface area (Å²) in [5, 5.41) is 8.97. The average molecular weight is 260 g/mol. The molecule has 0 atom stereocenters. The van der Waals surface area contributed by atoms with Crippen LogP contribution in [0.15, 0.2) is 18.2 Å². The van der Waals surface area contributed by atoms with Crippen molar-refractivity contribution >= 4 is 39.9 Å². The summed E-state index contributed by atoms with van der Waals surface area (Å²) in [6.07, 6.45) is 0. The van der Waals surface area contributed by atoms with Gasteiger partial charge in [-0.05, 0) is 18.2 Å². The van der Waals surface area contributed by atoms with Crippen LogP contribution < -0.4 is 0 Å². The molecule has 0 amide bonds. The highest BCUT2D eigenvalue weighted by molar-refractivity contribution is 6.35. The first kappa shape index (κ1) is 11.1. The quantitative estimate of drug-likeness (QED) is 0.799. The van der Waals surface area contributed by atoms with Gasteiger partial charge in [0.1, 0.15) is 11.0 Å². The van der Waals surface area contributed by atoms with E-state index in [2.05, 4.69) is 4.98 Å². The van der Waals surface area contributed by atoms with E-state index in [1.807, 2.05) is 0 Å². The second kappa shape index (κ2) is 3.88. The van der Waals surface area contributed by atoms with Crippen LogP contribution in [0.25, 0.3) is 10.8 Å². The lowest BCUT2D eigenvalue weighted by Crippen LogP contribution is -2.01. The summed E-state index contributed by atoms with van der Waals surface area (Å²) in [5.74, 6) is -1.98. The largest absolute Gasteiger partial charge is 0.477 e. The Morgan fingerprint density at radius 2 is 2.00 bits per heavy atom. The minimum Gasteiger partial charge on any atom is -0.477 e. The van der Waals surface area contributed by atoms with E-state index in [-0.39, 0.29) is 21.3 Å². The summed E-state index contributed by atoms with van der Waals surface area (Å²) in [6.45, 7) is 0. The van der Waals surface area contributed by atoms with E-state index in [9.17, 15) is 9.18 Å². The van der Waals surface area contributed by atoms with Crippen LogP contribution in [0.5, 0.6) is 0 Å². The first-order valence-corrected chi connectivity index (χ1v) is 4.94. The number of nitrogens with zero attached hydrogens (tertiary/aromatic N) is 1. The Morgan fingerprint density at radius 1 is 1.31 bits per heavy atom. The molecule has 0 aliphatic carbocycles. The Labute approximate surface area is 99.4 Å². The van der Waals surface area contributed by atoms with E-state index < -0.39 is 11.8 Å². The predicted molar refractivity (Wildman–Crippen MR) is 58.7 cm³/mol. The minimum absolute atomic E-state index is 0.0462. The highest BCUT2D eigenvalue weighted by atomic mass is 35.5. The number of hydrogen-bond donors (Lipinski definition) is 1. The zero-order valence-corrected chi connectivity index (χ0v) is 9.18. The van der Waals surface area contributed by atoms with Gasteiger partial charge in [-0.3, -0.25) is 0 Å². The SMILES string of the molecule is O=C(O)c1cc2c(F)c(Cl)ccc2c(Cl)n1. The number of aromatic carboxylic acids is 1. The molecule has 16 heavy (non-hydrogen) atoms. The van der Waals surface area contributed by atoms with Crippen LogP contribution in [0.2, 0.25) is 10.2 Å². The van der Waals surface area contributed by atoms with Gasteiger partial charge in [0.25, 0.3) is 0 Å². The molecule has 3 nitrogen and oxygen atoms in total. The molecule has 1 heterocycles. The molecular formula is C10H4Cl2FNO2. The molecule has 0 fully saturated rings. The smallest absolute Gasteiger partial charge is 0.354 e. The first-order valence-electron chi connectivity index (χ1n) is 4.18. The monoisotopic (exact) mass is 259 g/mol. The molecule has 1 N–H and O–H groups in total. The number of halogens is 3. The maximum atomic E-state index is 13.6. The van der Waals surface area contributed by atoms with Gasteiger partial charge < -0.3 is 5.11 Å². The van der Waals surface area contributed by atoms with Crippen molar-refractivity contribution in [3.8, 4) is 0 Å². The molecule has 82 valence electrons. The van der Waals surface area contributed by atoms with Gasteiger partial charge in [-0.25, -0.2) is 14.2 Å². The normalized spacial score (nSPS) is 10.7. The maximum Gasteiger partial charge on any atom is 0.354 e. The molecule has 1 aromatic carbocycles. The van der Waals surface area contributed by atoms with Crippen LogP contribution in [-0.2, 0) is 0 Å². The van der Waals surface area contributed by atoms with E-state index in [1.54, 1.807) is 0 Å². The Balaban J connectivity index is 2.88. The summed E-state index contributed by atoms with van der Waals surface area (Å²) in [7, 11) is 0. The fourth-order valence-electron chi connectivity index (χ4n) is 1.33. The number of fused-ring (bicyclic) bond motifs is 1. The second-order valence-corrected chi connectivity index (χ2v) is 3.83. The number of carboxylic acid groups (broad SMARTS) is 1. The lowest BCUT2D eigenvalue weighted by atomic mass is 10.1. The molecule has 2 aromatic rings. The molecule has 2 rings (SSSR count). The van der Waals surface area contributed by atoms with Crippen molar-refractivity contribution in [2.24, 2.45) is 0 Å². The van der Waals surface area contributed by atoms with E-state index >= 15 is 0 Å². The maximum absolute atomic E-state index is 13.6. The molecule has 0 saturated heterocycles. The van der Waals surface area contributed by atoms with Gasteiger partial charge in [0, 0.05) is 10.8 Å². The molecule has 0 radical (unpaired) electrons. The van der Waals surface area contributed by atoms with Crippen molar-refractivity contribution in [2.45, 2.75) is 0 Å². The number of benzene rings is 1. The van der Waals surface area contributed by atoms with Crippen molar-refractivity contribution in [3.05, 3.63) is 39.9 Å². The summed E-state index contributed by atoms with van der Waals surface area (Å²) in [6, 6.07) is 3.93. The highest BCUT2D eigenvalue weighted by Crippen LogP contribution is 2.29. The Kier molecular flexibility index (Phi) is 2.69. The van der Waals surface area contributed by atoms with Gasteiger partial charge in [0.05, 0.1) is 5.02 Å². The Bertz CT molecular complexity index is 601. The fraction of sp³-hybridized carbons (Fsp3) is 0. The topological polar surface area (TPSA) is 50.2 Å². The molecular weight excluding hydrogens is 256 g/mol. The standard InChI is InChI=1S/C10H4Cl2FNO2/c11-6-2-1-4-5(8(6)13)3-7(10(15)16)14-9(4)12/h1-3H,(H,15,16). The number of rotatable bonds is 1. The van der Waals surface area contributed by atoms with Crippen LogP contribution >= 0.6 is 23.2 Å². The van der Waals surface area contributed by atoms with Crippen molar-refractivity contribution in [1.82, 2.24) is 4.98 Å². The van der Waals surface area contributed by atoms with Gasteiger partial charge in [0.2, 0.25) is 0 Å². The van der Waals surface area contributed by atoms with Crippen molar-refractivity contribution < 1.29 is 14.3 Å². The van der Waals surface area contributed by atoms with E-state index in [4.69, 9.17) is 28.3 Å². The average Bonchev–Trinajstić information content (AvgIpc) is 2.23. The van der Waals surface area contributed by atoms with E-state index in [0.717, 1.165) is 6.07 Å². The molecule has 0 bridgehead atoms. The van der Waals surface area contributed by atoms with Crippen molar-refractivity contribution in [1.29, 1.82) is 0 Å². The lowest BCUT2D eigenvalue weighted by molar-refractivity contribution is 0.0690. The van der Waals surface area contributed by atoms with Crippen LogP contribution in [0.4, 0.5) is 4.39 Å². The van der Waals surface area contributed by atoms with Gasteiger partial charge in [-0.1, -0.05) is 23.2 Å². The number of carbonyl (C=O) groups is 1. The van der Waals surface area contributed by atoms with E-state index in [1.165, 1.54) is 12.1 Å². The molecule has 0 aliphatic rings. The molecule has 0 saturated carbocycles. The van der Waals surface area contributed by atoms with Gasteiger partial charge in [-0.2, -0.15) is 0 Å². The van der Waals surface area contributed by atoms with E-state index in [0.29, 0.717) is 5.39 Å². The van der Waals surface area contributed by atoms with Gasteiger partial charge >= 0.3 is 5.97 Å². The van der Waals surface area contributed by atoms with Crippen molar-refractivity contribution in [3.63, 3.8) is 0 Å². The second-order valence-electron chi connectivity index (χ2n) is 3.06. The van der Waals surface area contributed by atoms with Crippen LogP contribution in [0.1, 0.15) is 10.5 Å². The third kappa shape index (κ3) is 1.70. The van der Waals surface area contributed by atoms with Crippen LogP contribution in [-0.4, -0.2) is 16.1 Å². The molecule has 0 spiro atoms. The molecule has 1 aromatic heterocycles. The van der Waals surface area contributed by atoms with Gasteiger partial charge in [0.15, 0.2) is 5.69 Å². The zero-order chi connectivity index (χ0) is 11.9. The minimum atomic E-state index is -1.27. The predicted octanol–water partition coefficient (Wildman–Crippen LogP) is 3.38. The van der Waals surface area contributed by atoms with Gasteiger partial charge in [-0.15, -0.1) is 0 Å². The number of carboxylic acids is 1. The Morgan fingerprint density at radius 3 is 2.62 bits per heavy atom. The third-order valence-electron chi connectivity index (χ3n) is 2.07. The number of hydrogen-bond acceptors (Lipinski definition) is 2. The van der Waals surface area contributed by atoms with Crippen molar-refractivity contribution in [2.75, 3.05) is 0 Å². The fourth-order valence-corrected chi connectivity index (χ4v) is 1.75. The summed E-state index contributed by atoms with van der Waals surface area (Å²) >= 11 is 11.3. The summed E-state index contributed by atoms with van der Waals surface area (Å²) < 4.78 is 13.6. The zero-order valence-electron chi connectivity index (χ0n) is 7.67. The Hall–Kier alpha value is -1.39. The third-order valence-corrected chi connectivity index (χ3v) is 2.65. The number of pyridine rings is 1. The summed E-state index contributed by atoms with van der Waals surface area (Å²) in [4.78, 5) is 14.3. The molecule has 6 heteroatoms.